The molecular formula is C14H20N2O3S. The number of carbonyl (C=O) groups is 2. The van der Waals surface area contributed by atoms with Gasteiger partial charge < -0.3 is 15.3 Å². The summed E-state index contributed by atoms with van der Waals surface area (Å²) in [5, 5.41) is 13.8. The predicted octanol–water partition coefficient (Wildman–Crippen LogP) is 2.53. The predicted molar refractivity (Wildman–Crippen MR) is 77.7 cm³/mol. The number of rotatable bonds is 6. The van der Waals surface area contributed by atoms with E-state index < -0.39 is 5.97 Å². The van der Waals surface area contributed by atoms with Crippen molar-refractivity contribution in [2.75, 3.05) is 13.6 Å². The van der Waals surface area contributed by atoms with Gasteiger partial charge in [0, 0.05) is 18.5 Å². The number of nitrogens with one attached hydrogen (secondary N) is 1. The zero-order valence-electron chi connectivity index (χ0n) is 11.6. The number of urea groups is 1. The summed E-state index contributed by atoms with van der Waals surface area (Å²) in [6.45, 7) is 1.03. The molecule has 0 aliphatic heterocycles. The van der Waals surface area contributed by atoms with Crippen molar-refractivity contribution in [1.29, 1.82) is 0 Å². The van der Waals surface area contributed by atoms with Crippen LogP contribution >= 0.6 is 11.3 Å². The Kier molecular flexibility index (Phi) is 4.65. The van der Waals surface area contributed by atoms with Gasteiger partial charge in [-0.25, -0.2) is 4.79 Å². The summed E-state index contributed by atoms with van der Waals surface area (Å²) in [5.41, 5.74) is -0.231. The highest BCUT2D eigenvalue weighted by Crippen LogP contribution is 2.43. The summed E-state index contributed by atoms with van der Waals surface area (Å²) in [6, 6.07) is 3.81. The minimum Gasteiger partial charge on any atom is -0.481 e. The lowest BCUT2D eigenvalue weighted by Gasteiger charge is -2.41. The van der Waals surface area contributed by atoms with Crippen LogP contribution in [0, 0.1) is 5.41 Å². The van der Waals surface area contributed by atoms with E-state index in [-0.39, 0.29) is 17.9 Å². The Morgan fingerprint density at radius 1 is 1.50 bits per heavy atom. The van der Waals surface area contributed by atoms with E-state index in [0.717, 1.165) is 24.1 Å². The summed E-state index contributed by atoms with van der Waals surface area (Å²) in [6.07, 6.45) is 2.96. The third kappa shape index (κ3) is 3.72. The van der Waals surface area contributed by atoms with Crippen molar-refractivity contribution in [3.63, 3.8) is 0 Å². The van der Waals surface area contributed by atoms with E-state index >= 15 is 0 Å². The molecule has 0 atom stereocenters. The average Bonchev–Trinajstić information content (AvgIpc) is 2.84. The van der Waals surface area contributed by atoms with Crippen LogP contribution in [0.15, 0.2) is 17.5 Å². The van der Waals surface area contributed by atoms with E-state index in [0.29, 0.717) is 13.1 Å². The van der Waals surface area contributed by atoms with Gasteiger partial charge in [-0.15, -0.1) is 11.3 Å². The molecule has 0 spiro atoms. The van der Waals surface area contributed by atoms with Crippen LogP contribution in [0.25, 0.3) is 0 Å². The average molecular weight is 296 g/mol. The third-order valence-electron chi connectivity index (χ3n) is 3.87. The number of hydrogen-bond acceptors (Lipinski definition) is 3. The molecule has 0 radical (unpaired) electrons. The van der Waals surface area contributed by atoms with Gasteiger partial charge in [-0.2, -0.15) is 0 Å². The lowest BCUT2D eigenvalue weighted by molar-refractivity contribution is -0.141. The van der Waals surface area contributed by atoms with Crippen LogP contribution < -0.4 is 5.32 Å². The van der Waals surface area contributed by atoms with Gasteiger partial charge in [0.05, 0.1) is 13.0 Å². The van der Waals surface area contributed by atoms with Gasteiger partial charge >= 0.3 is 12.0 Å². The van der Waals surface area contributed by atoms with Crippen LogP contribution in [-0.4, -0.2) is 35.6 Å². The first-order valence-corrected chi connectivity index (χ1v) is 7.62. The second-order valence-corrected chi connectivity index (χ2v) is 6.55. The van der Waals surface area contributed by atoms with Crippen LogP contribution in [-0.2, 0) is 11.3 Å². The van der Waals surface area contributed by atoms with Gasteiger partial charge in [-0.05, 0) is 29.7 Å². The molecule has 1 aromatic rings. The fourth-order valence-electron chi connectivity index (χ4n) is 2.52. The molecule has 0 saturated heterocycles. The van der Waals surface area contributed by atoms with E-state index in [1.54, 1.807) is 23.3 Å². The molecule has 5 nitrogen and oxygen atoms in total. The number of nitrogens with zero attached hydrogens (tertiary/aromatic N) is 1. The zero-order valence-corrected chi connectivity index (χ0v) is 12.4. The van der Waals surface area contributed by atoms with Gasteiger partial charge in [0.15, 0.2) is 0 Å². The molecule has 6 heteroatoms. The van der Waals surface area contributed by atoms with Gasteiger partial charge in [-0.3, -0.25) is 4.79 Å². The molecule has 0 bridgehead atoms. The molecule has 1 saturated carbocycles. The smallest absolute Gasteiger partial charge is 0.317 e. The van der Waals surface area contributed by atoms with Gasteiger partial charge in [0.2, 0.25) is 0 Å². The quantitative estimate of drug-likeness (QED) is 0.847. The SMILES string of the molecule is CN(Cc1cccs1)C(=O)NCC1(CC(=O)O)CCC1. The molecule has 1 aromatic heterocycles. The summed E-state index contributed by atoms with van der Waals surface area (Å²) in [4.78, 5) is 25.6. The van der Waals surface area contributed by atoms with Crippen molar-refractivity contribution in [1.82, 2.24) is 10.2 Å². The molecular weight excluding hydrogens is 276 g/mol. The van der Waals surface area contributed by atoms with Crippen LogP contribution in [0.1, 0.15) is 30.6 Å². The lowest BCUT2D eigenvalue weighted by Crippen LogP contribution is -2.46. The Morgan fingerprint density at radius 2 is 2.25 bits per heavy atom. The van der Waals surface area contributed by atoms with E-state index in [1.807, 2.05) is 17.5 Å². The van der Waals surface area contributed by atoms with Crippen LogP contribution in [0.4, 0.5) is 4.79 Å². The molecule has 2 N–H and O–H groups in total. The number of carboxylic acids is 1. The van der Waals surface area contributed by atoms with E-state index in [9.17, 15) is 9.59 Å². The summed E-state index contributed by atoms with van der Waals surface area (Å²) < 4.78 is 0. The summed E-state index contributed by atoms with van der Waals surface area (Å²) in [5.74, 6) is -0.786. The van der Waals surface area contributed by atoms with Crippen molar-refractivity contribution in [2.45, 2.75) is 32.2 Å². The lowest BCUT2D eigenvalue weighted by atomic mass is 9.66. The highest BCUT2D eigenvalue weighted by Gasteiger charge is 2.39. The molecule has 2 rings (SSSR count). The Bertz CT molecular complexity index is 469. The Labute approximate surface area is 122 Å². The maximum absolute atomic E-state index is 12.0. The van der Waals surface area contributed by atoms with Crippen LogP contribution in [0.3, 0.4) is 0 Å². The molecule has 0 unspecified atom stereocenters. The Hall–Kier alpha value is -1.56. The highest BCUT2D eigenvalue weighted by molar-refractivity contribution is 7.09. The largest absolute Gasteiger partial charge is 0.481 e. The molecule has 110 valence electrons. The normalized spacial score (nSPS) is 16.2. The van der Waals surface area contributed by atoms with Crippen molar-refractivity contribution in [3.05, 3.63) is 22.4 Å². The van der Waals surface area contributed by atoms with Crippen molar-refractivity contribution in [3.8, 4) is 0 Å². The fraction of sp³-hybridized carbons (Fsp3) is 0.571. The first-order chi connectivity index (χ1) is 9.51. The molecule has 20 heavy (non-hydrogen) atoms. The number of thiophene rings is 1. The fourth-order valence-corrected chi connectivity index (χ4v) is 3.28. The summed E-state index contributed by atoms with van der Waals surface area (Å²) >= 11 is 1.62. The van der Waals surface area contributed by atoms with Gasteiger partial charge in [-0.1, -0.05) is 12.5 Å². The topological polar surface area (TPSA) is 69.6 Å². The minimum absolute atomic E-state index is 0.141. The van der Waals surface area contributed by atoms with E-state index in [2.05, 4.69) is 5.32 Å². The van der Waals surface area contributed by atoms with E-state index in [1.165, 1.54) is 0 Å². The van der Waals surface area contributed by atoms with Crippen molar-refractivity contribution in [2.24, 2.45) is 5.41 Å². The number of amides is 2. The first-order valence-electron chi connectivity index (χ1n) is 6.74. The van der Waals surface area contributed by atoms with Crippen LogP contribution in [0.2, 0.25) is 0 Å². The maximum Gasteiger partial charge on any atom is 0.317 e. The van der Waals surface area contributed by atoms with Gasteiger partial charge in [0.1, 0.15) is 0 Å². The zero-order chi connectivity index (χ0) is 14.6. The molecule has 1 heterocycles. The number of carbonyl (C=O) groups excluding carboxylic acids is 1. The van der Waals surface area contributed by atoms with E-state index in [4.69, 9.17) is 5.11 Å². The number of aliphatic carboxylic acids is 1. The van der Waals surface area contributed by atoms with Gasteiger partial charge in [0.25, 0.3) is 0 Å². The Morgan fingerprint density at radius 3 is 2.75 bits per heavy atom. The second kappa shape index (κ2) is 6.26. The second-order valence-electron chi connectivity index (χ2n) is 5.52. The number of hydrogen-bond donors (Lipinski definition) is 2. The first kappa shape index (κ1) is 14.8. The van der Waals surface area contributed by atoms with Crippen LogP contribution in [0.5, 0.6) is 0 Å². The molecule has 1 aliphatic carbocycles. The third-order valence-corrected chi connectivity index (χ3v) is 4.74. The molecule has 0 aromatic carbocycles. The van der Waals surface area contributed by atoms with Crippen molar-refractivity contribution < 1.29 is 14.7 Å². The minimum atomic E-state index is -0.786. The summed E-state index contributed by atoms with van der Waals surface area (Å²) in [7, 11) is 1.75. The monoisotopic (exact) mass is 296 g/mol. The number of carboxylic acid groups (broad SMARTS) is 1. The standard InChI is InChI=1S/C14H20N2O3S/c1-16(9-11-4-2-7-20-11)13(19)15-10-14(5-3-6-14)8-12(17)18/h2,4,7H,3,5-6,8-10H2,1H3,(H,15,19)(H,17,18). The highest BCUT2D eigenvalue weighted by atomic mass is 32.1. The molecule has 2 amide bonds. The Balaban J connectivity index is 1.80. The molecule has 1 aliphatic rings. The molecule has 1 fully saturated rings. The maximum atomic E-state index is 12.0. The van der Waals surface area contributed by atoms with Crippen molar-refractivity contribution >= 4 is 23.3 Å².